The van der Waals surface area contributed by atoms with Crippen LogP contribution in [-0.2, 0) is 4.79 Å². The number of para-hydroxylation sites is 1. The van der Waals surface area contributed by atoms with Gasteiger partial charge >= 0.3 is 0 Å². The van der Waals surface area contributed by atoms with Gasteiger partial charge in [0.2, 0.25) is 5.91 Å². The highest BCUT2D eigenvalue weighted by Crippen LogP contribution is 2.33. The summed E-state index contributed by atoms with van der Waals surface area (Å²) in [5.74, 6) is -0.132. The van der Waals surface area contributed by atoms with Crippen LogP contribution in [0.5, 0.6) is 5.75 Å². The molecule has 0 radical (unpaired) electrons. The van der Waals surface area contributed by atoms with E-state index in [0.717, 1.165) is 0 Å². The number of benzene rings is 2. The second-order valence-electron chi connectivity index (χ2n) is 5.51. The van der Waals surface area contributed by atoms with Crippen molar-refractivity contribution in [3.63, 3.8) is 0 Å². The molecule has 0 spiro atoms. The van der Waals surface area contributed by atoms with Gasteiger partial charge < -0.3 is 15.4 Å². The summed E-state index contributed by atoms with van der Waals surface area (Å²) in [5, 5.41) is 14.3. The molecule has 1 unspecified atom stereocenters. The molecule has 6 heteroatoms. The largest absolute Gasteiger partial charge is 0.487 e. The Morgan fingerprint density at radius 1 is 1.29 bits per heavy atom. The van der Waals surface area contributed by atoms with Crippen LogP contribution in [0.3, 0.4) is 0 Å². The van der Waals surface area contributed by atoms with Crippen LogP contribution < -0.4 is 15.4 Å². The van der Waals surface area contributed by atoms with Gasteiger partial charge in [-0.25, -0.2) is 0 Å². The molecule has 1 atom stereocenters. The van der Waals surface area contributed by atoms with Crippen LogP contribution in [0.1, 0.15) is 29.3 Å². The van der Waals surface area contributed by atoms with Crippen molar-refractivity contribution in [1.82, 2.24) is 0 Å². The van der Waals surface area contributed by atoms with Crippen LogP contribution in [0, 0.1) is 11.3 Å². The lowest BCUT2D eigenvalue weighted by Gasteiger charge is -2.15. The zero-order chi connectivity index (χ0) is 17.1. The summed E-state index contributed by atoms with van der Waals surface area (Å²) < 4.78 is 5.77. The molecule has 0 aliphatic carbocycles. The summed E-state index contributed by atoms with van der Waals surface area (Å²) in [7, 11) is 0. The Kier molecular flexibility index (Phi) is 4.17. The number of fused-ring (bicyclic) bond motifs is 1. The van der Waals surface area contributed by atoms with Crippen molar-refractivity contribution in [3.05, 3.63) is 53.6 Å². The molecule has 2 aromatic rings. The molecule has 1 heterocycles. The molecular weight excluding hydrogens is 306 g/mol. The topological polar surface area (TPSA) is 91.2 Å². The zero-order valence-corrected chi connectivity index (χ0v) is 13.0. The van der Waals surface area contributed by atoms with E-state index < -0.39 is 0 Å². The van der Waals surface area contributed by atoms with Crippen molar-refractivity contribution < 1.29 is 14.3 Å². The fraction of sp³-hybridized carbons (Fsp3) is 0.167. The first kappa shape index (κ1) is 15.6. The molecular formula is C18H15N3O3. The first-order valence-electron chi connectivity index (χ1n) is 7.48. The molecule has 0 bridgehead atoms. The maximum atomic E-state index is 12.6. The van der Waals surface area contributed by atoms with Crippen molar-refractivity contribution in [3.8, 4) is 11.8 Å². The van der Waals surface area contributed by atoms with E-state index in [1.165, 1.54) is 0 Å². The number of hydrogen-bond donors (Lipinski definition) is 2. The van der Waals surface area contributed by atoms with Crippen molar-refractivity contribution in [1.29, 1.82) is 5.26 Å². The molecule has 1 aliphatic rings. The normalized spacial score (nSPS) is 16.0. The van der Waals surface area contributed by atoms with Gasteiger partial charge in [0, 0.05) is 5.69 Å². The predicted molar refractivity (Wildman–Crippen MR) is 88.9 cm³/mol. The van der Waals surface area contributed by atoms with Crippen LogP contribution >= 0.6 is 0 Å². The Morgan fingerprint density at radius 3 is 2.75 bits per heavy atom. The van der Waals surface area contributed by atoms with Gasteiger partial charge in [-0.1, -0.05) is 6.07 Å². The predicted octanol–water partition coefficient (Wildman–Crippen LogP) is 2.92. The Hall–Kier alpha value is -3.33. The number of nitriles is 1. The Labute approximate surface area is 139 Å². The van der Waals surface area contributed by atoms with Gasteiger partial charge in [-0.15, -0.1) is 0 Å². The Bertz CT molecular complexity index is 838. The first-order chi connectivity index (χ1) is 11.6. The number of nitrogens with one attached hydrogen (secondary N) is 2. The number of carbonyl (C=O) groups excluding carboxylic acids is 2. The number of carbonyl (C=O) groups is 2. The molecule has 0 aromatic heterocycles. The van der Waals surface area contributed by atoms with E-state index in [1.54, 1.807) is 49.4 Å². The number of rotatable bonds is 2. The van der Waals surface area contributed by atoms with Gasteiger partial charge in [-0.3, -0.25) is 9.59 Å². The van der Waals surface area contributed by atoms with E-state index >= 15 is 0 Å². The van der Waals surface area contributed by atoms with Gasteiger partial charge in [-0.2, -0.15) is 5.26 Å². The van der Waals surface area contributed by atoms with Gasteiger partial charge in [0.25, 0.3) is 5.91 Å². The number of anilines is 2. The quantitative estimate of drug-likeness (QED) is 0.889. The van der Waals surface area contributed by atoms with Crippen LogP contribution in [0.15, 0.2) is 42.5 Å². The Balaban J connectivity index is 1.89. The van der Waals surface area contributed by atoms with Crippen molar-refractivity contribution in [2.24, 2.45) is 0 Å². The van der Waals surface area contributed by atoms with Crippen molar-refractivity contribution in [2.75, 3.05) is 10.6 Å². The standard InChI is InChI=1S/C18H15N3O3/c1-11-9-16(22)21-15-4-2-3-14(17(15)24-11)18(23)20-13-7-5-12(10-19)6-8-13/h2-8,11H,9H2,1H3,(H,20,23)(H,21,22). The Morgan fingerprint density at radius 2 is 2.04 bits per heavy atom. The molecule has 3 rings (SSSR count). The summed E-state index contributed by atoms with van der Waals surface area (Å²) in [6.45, 7) is 1.78. The third-order valence-corrected chi connectivity index (χ3v) is 3.60. The third-order valence-electron chi connectivity index (χ3n) is 3.60. The number of nitrogens with zero attached hydrogens (tertiary/aromatic N) is 1. The maximum absolute atomic E-state index is 12.6. The smallest absolute Gasteiger partial charge is 0.259 e. The fourth-order valence-corrected chi connectivity index (χ4v) is 2.47. The zero-order valence-electron chi connectivity index (χ0n) is 13.0. The maximum Gasteiger partial charge on any atom is 0.259 e. The van der Waals surface area contributed by atoms with E-state index in [-0.39, 0.29) is 24.3 Å². The molecule has 0 saturated heterocycles. The fourth-order valence-electron chi connectivity index (χ4n) is 2.47. The first-order valence-corrected chi connectivity index (χ1v) is 7.48. The van der Waals surface area contributed by atoms with Crippen LogP contribution in [0.25, 0.3) is 0 Å². The van der Waals surface area contributed by atoms with Crippen LogP contribution in [0.2, 0.25) is 0 Å². The van der Waals surface area contributed by atoms with E-state index in [0.29, 0.717) is 28.3 Å². The van der Waals surface area contributed by atoms with E-state index in [2.05, 4.69) is 10.6 Å². The minimum atomic E-state index is -0.347. The van der Waals surface area contributed by atoms with Crippen molar-refractivity contribution >= 4 is 23.2 Å². The summed E-state index contributed by atoms with van der Waals surface area (Å²) >= 11 is 0. The van der Waals surface area contributed by atoms with Crippen LogP contribution in [0.4, 0.5) is 11.4 Å². The molecule has 2 aromatic carbocycles. The lowest BCUT2D eigenvalue weighted by Crippen LogP contribution is -2.18. The molecule has 24 heavy (non-hydrogen) atoms. The minimum Gasteiger partial charge on any atom is -0.487 e. The average molecular weight is 321 g/mol. The molecule has 2 amide bonds. The van der Waals surface area contributed by atoms with Gasteiger partial charge in [-0.05, 0) is 43.3 Å². The molecule has 120 valence electrons. The lowest BCUT2D eigenvalue weighted by molar-refractivity contribution is -0.117. The van der Waals surface area contributed by atoms with E-state index in [9.17, 15) is 9.59 Å². The molecule has 0 saturated carbocycles. The highest BCUT2D eigenvalue weighted by Gasteiger charge is 2.24. The van der Waals surface area contributed by atoms with Crippen LogP contribution in [-0.4, -0.2) is 17.9 Å². The highest BCUT2D eigenvalue weighted by molar-refractivity contribution is 6.08. The molecule has 1 aliphatic heterocycles. The van der Waals surface area contributed by atoms with Gasteiger partial charge in [0.15, 0.2) is 5.75 Å². The highest BCUT2D eigenvalue weighted by atomic mass is 16.5. The minimum absolute atomic E-state index is 0.147. The van der Waals surface area contributed by atoms with Gasteiger partial charge in [0.05, 0.1) is 29.3 Å². The van der Waals surface area contributed by atoms with Crippen molar-refractivity contribution in [2.45, 2.75) is 19.4 Å². The average Bonchev–Trinajstić information content (AvgIpc) is 2.71. The monoisotopic (exact) mass is 321 g/mol. The summed E-state index contributed by atoms with van der Waals surface area (Å²) in [6.07, 6.45) is -0.0964. The number of hydrogen-bond acceptors (Lipinski definition) is 4. The summed E-state index contributed by atoms with van der Waals surface area (Å²) in [4.78, 5) is 24.3. The lowest BCUT2D eigenvalue weighted by atomic mass is 10.1. The summed E-state index contributed by atoms with van der Waals surface area (Å²) in [6, 6.07) is 13.6. The second kappa shape index (κ2) is 6.42. The summed E-state index contributed by atoms with van der Waals surface area (Å²) in [5.41, 5.74) is 1.91. The molecule has 2 N–H and O–H groups in total. The number of amides is 2. The molecule has 0 fully saturated rings. The second-order valence-corrected chi connectivity index (χ2v) is 5.51. The number of ether oxygens (including phenoxy) is 1. The van der Waals surface area contributed by atoms with E-state index in [4.69, 9.17) is 10.00 Å². The van der Waals surface area contributed by atoms with Gasteiger partial charge in [0.1, 0.15) is 6.10 Å². The SMILES string of the molecule is CC1CC(=O)Nc2cccc(C(=O)Nc3ccc(C#N)cc3)c2O1. The third kappa shape index (κ3) is 3.20. The molecule has 6 nitrogen and oxygen atoms in total. The van der Waals surface area contributed by atoms with E-state index in [1.807, 2.05) is 6.07 Å².